The van der Waals surface area contributed by atoms with Gasteiger partial charge in [0.05, 0.1) is 6.61 Å². The molecule has 6 nitrogen and oxygen atoms in total. The number of nitrogens with zero attached hydrogens (tertiary/aromatic N) is 1. The molecule has 1 amide bonds. The van der Waals surface area contributed by atoms with Gasteiger partial charge in [0, 0.05) is 35.5 Å². The number of hydrogen-bond donors (Lipinski definition) is 2. The molecule has 2 atom stereocenters. The third-order valence-electron chi connectivity index (χ3n) is 6.65. The van der Waals surface area contributed by atoms with Crippen LogP contribution in [-0.2, 0) is 9.53 Å². The highest BCUT2D eigenvalue weighted by molar-refractivity contribution is 9.10. The number of carbonyl (C=O) groups is 1. The number of benzene rings is 3. The number of amides is 1. The zero-order valence-corrected chi connectivity index (χ0v) is 22.6. The van der Waals surface area contributed by atoms with Crippen LogP contribution < -0.4 is 10.1 Å². The van der Waals surface area contributed by atoms with E-state index in [1.54, 1.807) is 0 Å². The van der Waals surface area contributed by atoms with Gasteiger partial charge in [-0.05, 0) is 60.4 Å². The summed E-state index contributed by atoms with van der Waals surface area (Å²) in [6.45, 7) is 0.529. The van der Waals surface area contributed by atoms with Gasteiger partial charge in [0.15, 0.2) is 11.6 Å². The Kier molecular flexibility index (Phi) is 8.25. The molecule has 1 fully saturated rings. The molecule has 0 unspecified atom stereocenters. The third kappa shape index (κ3) is 6.17. The lowest BCUT2D eigenvalue weighted by molar-refractivity contribution is -0.129. The van der Waals surface area contributed by atoms with E-state index in [9.17, 15) is 4.79 Å². The molecule has 2 N–H and O–H groups in total. The summed E-state index contributed by atoms with van der Waals surface area (Å²) in [6, 6.07) is 25.6. The largest absolute Gasteiger partial charge is 0.494 e. The number of halogens is 1. The van der Waals surface area contributed by atoms with Crippen LogP contribution in [-0.4, -0.2) is 41.7 Å². The van der Waals surface area contributed by atoms with Crippen LogP contribution in [0.25, 0.3) is 6.08 Å². The minimum atomic E-state index is -1.16. The Morgan fingerprint density at radius 3 is 2.50 bits per heavy atom. The summed E-state index contributed by atoms with van der Waals surface area (Å²) in [5.41, 5.74) is 1.56. The summed E-state index contributed by atoms with van der Waals surface area (Å²) < 4.78 is 13.1. The number of hydrogen-bond acceptors (Lipinski definition) is 5. The van der Waals surface area contributed by atoms with Gasteiger partial charge in [0.25, 0.3) is 5.91 Å². The van der Waals surface area contributed by atoms with Crippen molar-refractivity contribution in [3.63, 3.8) is 0 Å². The molecule has 0 bridgehead atoms. The van der Waals surface area contributed by atoms with E-state index in [-0.39, 0.29) is 18.6 Å². The zero-order valence-electron chi connectivity index (χ0n) is 21.1. The van der Waals surface area contributed by atoms with E-state index in [4.69, 9.17) is 19.6 Å². The molecule has 1 heterocycles. The van der Waals surface area contributed by atoms with Crippen molar-refractivity contribution in [3.8, 4) is 5.75 Å². The molecule has 3 aromatic carbocycles. The lowest BCUT2D eigenvalue weighted by Gasteiger charge is -2.30. The zero-order chi connectivity index (χ0) is 26.4. The quantitative estimate of drug-likeness (QED) is 0.281. The Morgan fingerprint density at radius 2 is 1.82 bits per heavy atom. The maximum absolute atomic E-state index is 13.9. The van der Waals surface area contributed by atoms with Gasteiger partial charge in [-0.15, -0.1) is 0 Å². The van der Waals surface area contributed by atoms with Crippen LogP contribution in [0.3, 0.4) is 0 Å². The number of carbonyl (C=O) groups excluding carboxylic acids is 1. The fourth-order valence-electron chi connectivity index (χ4n) is 4.43. The first-order chi connectivity index (χ1) is 18.6. The Labute approximate surface area is 231 Å². The molecule has 38 heavy (non-hydrogen) atoms. The Balaban J connectivity index is 1.50. The number of ether oxygens (including phenoxy) is 2. The van der Waals surface area contributed by atoms with Gasteiger partial charge in [0.1, 0.15) is 5.75 Å². The molecule has 5 rings (SSSR count). The lowest BCUT2D eigenvalue weighted by atomic mass is 9.84. The fraction of sp³-hybridized carbons (Fsp3) is 0.290. The molecular weight excluding hydrogens is 544 g/mol. The maximum atomic E-state index is 13.9. The normalized spacial score (nSPS) is 20.7. The predicted molar refractivity (Wildman–Crippen MR) is 152 cm³/mol. The van der Waals surface area contributed by atoms with Gasteiger partial charge < -0.3 is 19.9 Å². The van der Waals surface area contributed by atoms with Gasteiger partial charge >= 0.3 is 0 Å². The van der Waals surface area contributed by atoms with Crippen LogP contribution >= 0.6 is 15.9 Å². The molecule has 1 aliphatic heterocycles. The first-order valence-electron chi connectivity index (χ1n) is 13.0. The van der Waals surface area contributed by atoms with E-state index in [1.165, 1.54) is 0 Å². The molecule has 0 spiro atoms. The summed E-state index contributed by atoms with van der Waals surface area (Å²) in [4.78, 5) is 18.9. The van der Waals surface area contributed by atoms with E-state index in [0.717, 1.165) is 34.0 Å². The molecule has 0 radical (unpaired) electrons. The second-order valence-corrected chi connectivity index (χ2v) is 10.5. The highest BCUT2D eigenvalue weighted by atomic mass is 79.9. The van der Waals surface area contributed by atoms with Crippen LogP contribution in [0.1, 0.15) is 48.5 Å². The fourth-order valence-corrected chi connectivity index (χ4v) is 4.69. The summed E-state index contributed by atoms with van der Waals surface area (Å²) in [5.74, 6) is 1.01. The van der Waals surface area contributed by atoms with Crippen molar-refractivity contribution in [1.29, 1.82) is 0 Å². The molecule has 7 heteroatoms. The lowest BCUT2D eigenvalue weighted by Crippen LogP contribution is -2.48. The van der Waals surface area contributed by atoms with E-state index in [0.29, 0.717) is 31.1 Å². The highest BCUT2D eigenvalue weighted by Crippen LogP contribution is 2.43. The van der Waals surface area contributed by atoms with E-state index >= 15 is 0 Å². The molecule has 2 aliphatic rings. The van der Waals surface area contributed by atoms with Gasteiger partial charge in [-0.1, -0.05) is 70.5 Å². The summed E-state index contributed by atoms with van der Waals surface area (Å²) >= 11 is 3.51. The molecule has 0 saturated heterocycles. The maximum Gasteiger partial charge on any atom is 0.252 e. The van der Waals surface area contributed by atoms with Crippen LogP contribution in [0, 0.1) is 0 Å². The van der Waals surface area contributed by atoms with Crippen molar-refractivity contribution in [3.05, 3.63) is 106 Å². The molecule has 0 aromatic heterocycles. The molecule has 196 valence electrons. The second-order valence-electron chi connectivity index (χ2n) is 9.61. The molecule has 1 saturated carbocycles. The van der Waals surface area contributed by atoms with Gasteiger partial charge in [-0.2, -0.15) is 0 Å². The summed E-state index contributed by atoms with van der Waals surface area (Å²) in [6.07, 6.45) is 6.37. The average molecular weight is 576 g/mol. The van der Waals surface area contributed by atoms with Gasteiger partial charge in [-0.3, -0.25) is 4.79 Å². The first kappa shape index (κ1) is 26.2. The minimum absolute atomic E-state index is 0.0872. The summed E-state index contributed by atoms with van der Waals surface area (Å²) in [5, 5.41) is 12.2. The van der Waals surface area contributed by atoms with Crippen molar-refractivity contribution >= 4 is 33.8 Å². The number of rotatable bonds is 11. The number of aliphatic hydroxyl groups excluding tert-OH is 1. The highest BCUT2D eigenvalue weighted by Gasteiger charge is 2.53. The number of aliphatic imine (C=N–C) groups is 1. The SMILES string of the molecule is O=C(NC1CC1)[C@]1(C/C=C/c2ccccc2)N=C(c2ccc(OCCCO)cc2)O[C@@H]1c1ccc(Br)cc1. The van der Waals surface area contributed by atoms with Gasteiger partial charge in [0.2, 0.25) is 5.90 Å². The van der Waals surface area contributed by atoms with Crippen LogP contribution in [0.2, 0.25) is 0 Å². The Morgan fingerprint density at radius 1 is 1.08 bits per heavy atom. The third-order valence-corrected chi connectivity index (χ3v) is 7.18. The van der Waals surface area contributed by atoms with Crippen molar-refractivity contribution in [2.45, 2.75) is 43.4 Å². The van der Waals surface area contributed by atoms with Crippen molar-refractivity contribution < 1.29 is 19.4 Å². The topological polar surface area (TPSA) is 80.2 Å². The molecule has 1 aliphatic carbocycles. The van der Waals surface area contributed by atoms with E-state index in [1.807, 2.05) is 91.0 Å². The average Bonchev–Trinajstić information content (AvgIpc) is 3.67. The van der Waals surface area contributed by atoms with Crippen LogP contribution in [0.4, 0.5) is 0 Å². The number of nitrogens with one attached hydrogen (secondary N) is 1. The molecular formula is C31H31BrN2O4. The van der Waals surface area contributed by atoms with Gasteiger partial charge in [-0.25, -0.2) is 4.99 Å². The predicted octanol–water partition coefficient (Wildman–Crippen LogP) is 5.85. The van der Waals surface area contributed by atoms with Crippen molar-refractivity contribution in [2.75, 3.05) is 13.2 Å². The van der Waals surface area contributed by atoms with E-state index < -0.39 is 11.6 Å². The van der Waals surface area contributed by atoms with Crippen molar-refractivity contribution in [2.24, 2.45) is 4.99 Å². The minimum Gasteiger partial charge on any atom is -0.494 e. The van der Waals surface area contributed by atoms with Crippen molar-refractivity contribution in [1.82, 2.24) is 5.32 Å². The molecule has 3 aromatic rings. The van der Waals surface area contributed by atoms with Crippen LogP contribution in [0.5, 0.6) is 5.75 Å². The Hall–Kier alpha value is -3.42. The monoisotopic (exact) mass is 574 g/mol. The smallest absolute Gasteiger partial charge is 0.252 e. The van der Waals surface area contributed by atoms with E-state index in [2.05, 4.69) is 21.2 Å². The van der Waals surface area contributed by atoms with Crippen LogP contribution in [0.15, 0.2) is 94.4 Å². The number of aliphatic hydroxyl groups is 1. The standard InChI is InChI=1S/C31H31BrN2O4/c32-25-13-9-23(10-14-25)28-31(30(36)33-26-15-16-26,19-4-8-22-6-2-1-3-7-22)34-29(38-28)24-11-17-27(18-12-24)37-21-5-20-35/h1-4,6-14,17-18,26,28,35H,5,15-16,19-21H2,(H,33,36)/b8-4+/t28-,31-/m1/s1. The summed E-state index contributed by atoms with van der Waals surface area (Å²) in [7, 11) is 0. The first-order valence-corrected chi connectivity index (χ1v) is 13.8. The second kappa shape index (κ2) is 12.0. The Bertz CT molecular complexity index is 1290.